The maximum Gasteiger partial charge on any atom is 0.237 e. The Balaban J connectivity index is 1.64. The van der Waals surface area contributed by atoms with Crippen LogP contribution in [0.4, 0.5) is 0 Å². The Bertz CT molecular complexity index is 221. The molecule has 2 rings (SSSR count). The quantitative estimate of drug-likeness (QED) is 0.710. The summed E-state index contributed by atoms with van der Waals surface area (Å²) in [4.78, 5) is 11.7. The van der Waals surface area contributed by atoms with Crippen LogP contribution in [0.5, 0.6) is 0 Å². The zero-order valence-corrected chi connectivity index (χ0v) is 9.29. The van der Waals surface area contributed by atoms with Gasteiger partial charge in [0, 0.05) is 12.6 Å². The second kappa shape index (κ2) is 4.94. The molecule has 0 unspecified atom stereocenters. The second-order valence-corrected chi connectivity index (χ2v) is 4.40. The largest absolute Gasteiger partial charge is 0.378 e. The van der Waals surface area contributed by atoms with Gasteiger partial charge < -0.3 is 15.4 Å². The summed E-state index contributed by atoms with van der Waals surface area (Å²) in [6.45, 7) is 3.76. The Hall–Kier alpha value is -0.610. The highest BCUT2D eigenvalue weighted by atomic mass is 16.5. The van der Waals surface area contributed by atoms with E-state index in [4.69, 9.17) is 4.74 Å². The van der Waals surface area contributed by atoms with Crippen LogP contribution in [0.3, 0.4) is 0 Å². The van der Waals surface area contributed by atoms with Gasteiger partial charge in [-0.2, -0.15) is 0 Å². The molecule has 0 radical (unpaired) electrons. The first-order chi connectivity index (χ1) is 7.29. The normalized spacial score (nSPS) is 34.9. The minimum Gasteiger partial charge on any atom is -0.378 e. The summed E-state index contributed by atoms with van der Waals surface area (Å²) >= 11 is 0. The first-order valence-corrected chi connectivity index (χ1v) is 5.95. The van der Waals surface area contributed by atoms with Crippen LogP contribution >= 0.6 is 0 Å². The van der Waals surface area contributed by atoms with Gasteiger partial charge in [0.1, 0.15) is 0 Å². The highest BCUT2D eigenvalue weighted by molar-refractivity contribution is 5.82. The average Bonchev–Trinajstić information content (AvgIpc) is 2.67. The molecular weight excluding hydrogens is 192 g/mol. The number of rotatable bonds is 4. The first-order valence-electron chi connectivity index (χ1n) is 5.95. The minimum absolute atomic E-state index is 0.0520. The molecule has 0 spiro atoms. The highest BCUT2D eigenvalue weighted by Crippen LogP contribution is 2.23. The van der Waals surface area contributed by atoms with Gasteiger partial charge in [0.05, 0.1) is 12.1 Å². The molecule has 0 aromatic rings. The van der Waals surface area contributed by atoms with E-state index in [2.05, 4.69) is 10.6 Å². The van der Waals surface area contributed by atoms with E-state index in [1.165, 1.54) is 0 Å². The maximum atomic E-state index is 11.7. The molecule has 0 aromatic heterocycles. The molecule has 86 valence electrons. The van der Waals surface area contributed by atoms with Crippen LogP contribution in [0.25, 0.3) is 0 Å². The smallest absolute Gasteiger partial charge is 0.237 e. The summed E-state index contributed by atoms with van der Waals surface area (Å²) in [7, 11) is 0. The van der Waals surface area contributed by atoms with E-state index in [1.807, 2.05) is 6.92 Å². The van der Waals surface area contributed by atoms with Crippen molar-refractivity contribution in [2.75, 3.05) is 13.2 Å². The zero-order chi connectivity index (χ0) is 10.7. The highest BCUT2D eigenvalue weighted by Gasteiger charge is 2.32. The number of amides is 1. The van der Waals surface area contributed by atoms with E-state index >= 15 is 0 Å². The zero-order valence-electron chi connectivity index (χ0n) is 9.29. The number of carbonyl (C=O) groups excluding carboxylic acids is 1. The number of nitrogens with one attached hydrogen (secondary N) is 2. The lowest BCUT2D eigenvalue weighted by atomic mass is 9.89. The van der Waals surface area contributed by atoms with Crippen molar-refractivity contribution in [2.24, 2.45) is 0 Å². The Labute approximate surface area is 90.8 Å². The van der Waals surface area contributed by atoms with Crippen LogP contribution in [0, 0.1) is 0 Å². The van der Waals surface area contributed by atoms with Gasteiger partial charge in [0.2, 0.25) is 5.91 Å². The monoisotopic (exact) mass is 212 g/mol. The van der Waals surface area contributed by atoms with E-state index in [1.54, 1.807) is 0 Å². The van der Waals surface area contributed by atoms with Crippen molar-refractivity contribution in [3.8, 4) is 0 Å². The number of hydrogen-bond donors (Lipinski definition) is 2. The van der Waals surface area contributed by atoms with Crippen LogP contribution < -0.4 is 10.6 Å². The molecule has 1 heterocycles. The lowest BCUT2D eigenvalue weighted by molar-refractivity contribution is -0.125. The molecule has 0 aromatic carbocycles. The molecular formula is C11H20N2O2. The summed E-state index contributed by atoms with van der Waals surface area (Å²) < 4.78 is 5.45. The van der Waals surface area contributed by atoms with Crippen LogP contribution in [-0.4, -0.2) is 37.2 Å². The molecule has 1 atom stereocenters. The van der Waals surface area contributed by atoms with Gasteiger partial charge in [-0.05, 0) is 39.2 Å². The van der Waals surface area contributed by atoms with Gasteiger partial charge in [0.15, 0.2) is 0 Å². The minimum atomic E-state index is 0.0520. The first kappa shape index (κ1) is 10.9. The Morgan fingerprint density at radius 2 is 2.33 bits per heavy atom. The van der Waals surface area contributed by atoms with Gasteiger partial charge in [-0.1, -0.05) is 0 Å². The molecule has 1 saturated heterocycles. The maximum absolute atomic E-state index is 11.7. The Morgan fingerprint density at radius 3 is 2.93 bits per heavy atom. The van der Waals surface area contributed by atoms with Crippen molar-refractivity contribution in [1.82, 2.24) is 10.6 Å². The van der Waals surface area contributed by atoms with Crippen molar-refractivity contribution in [2.45, 2.75) is 50.8 Å². The SMILES string of the molecule is CCOC1CC(NC(=O)[C@H]2CCCN2)C1. The predicted octanol–water partition coefficient (Wildman–Crippen LogP) is 0.422. The molecule has 1 aliphatic carbocycles. The van der Waals surface area contributed by atoms with E-state index in [0.717, 1.165) is 38.8 Å². The van der Waals surface area contributed by atoms with E-state index in [0.29, 0.717) is 12.1 Å². The van der Waals surface area contributed by atoms with Crippen molar-refractivity contribution >= 4 is 5.91 Å². The van der Waals surface area contributed by atoms with Crippen LogP contribution in [-0.2, 0) is 9.53 Å². The molecule has 4 nitrogen and oxygen atoms in total. The van der Waals surface area contributed by atoms with Gasteiger partial charge >= 0.3 is 0 Å². The summed E-state index contributed by atoms with van der Waals surface area (Å²) in [6, 6.07) is 0.396. The molecule has 2 N–H and O–H groups in total. The van der Waals surface area contributed by atoms with E-state index in [-0.39, 0.29) is 11.9 Å². The van der Waals surface area contributed by atoms with Gasteiger partial charge in [-0.3, -0.25) is 4.79 Å². The molecule has 4 heteroatoms. The molecule has 1 saturated carbocycles. The van der Waals surface area contributed by atoms with Gasteiger partial charge in [-0.15, -0.1) is 0 Å². The topological polar surface area (TPSA) is 50.4 Å². The standard InChI is InChI=1S/C11H20N2O2/c1-2-15-9-6-8(7-9)13-11(14)10-4-3-5-12-10/h8-10,12H,2-7H2,1H3,(H,13,14)/t8?,9?,10-/m1/s1. The molecule has 2 fully saturated rings. The molecule has 1 amide bonds. The summed E-state index contributed by atoms with van der Waals surface area (Å²) in [5.41, 5.74) is 0. The molecule has 0 bridgehead atoms. The summed E-state index contributed by atoms with van der Waals surface area (Å²) in [5.74, 6) is 0.174. The second-order valence-electron chi connectivity index (χ2n) is 4.40. The third kappa shape index (κ3) is 2.69. The van der Waals surface area contributed by atoms with E-state index in [9.17, 15) is 4.79 Å². The number of hydrogen-bond acceptors (Lipinski definition) is 3. The van der Waals surface area contributed by atoms with Crippen molar-refractivity contribution in [3.63, 3.8) is 0 Å². The fourth-order valence-corrected chi connectivity index (χ4v) is 2.27. The lowest BCUT2D eigenvalue weighted by Gasteiger charge is -2.35. The fraction of sp³-hybridized carbons (Fsp3) is 0.909. The number of carbonyl (C=O) groups is 1. The molecule has 2 aliphatic rings. The van der Waals surface area contributed by atoms with Crippen LogP contribution in [0.15, 0.2) is 0 Å². The van der Waals surface area contributed by atoms with E-state index < -0.39 is 0 Å². The summed E-state index contributed by atoms with van der Waals surface area (Å²) in [5, 5.41) is 6.27. The fourth-order valence-electron chi connectivity index (χ4n) is 2.27. The lowest BCUT2D eigenvalue weighted by Crippen LogP contribution is -2.52. The third-order valence-electron chi connectivity index (χ3n) is 3.22. The Kier molecular flexibility index (Phi) is 3.59. The van der Waals surface area contributed by atoms with Crippen LogP contribution in [0.1, 0.15) is 32.6 Å². The number of ether oxygens (including phenoxy) is 1. The molecule has 1 aliphatic heterocycles. The van der Waals surface area contributed by atoms with Gasteiger partial charge in [-0.25, -0.2) is 0 Å². The predicted molar refractivity (Wildman–Crippen MR) is 57.6 cm³/mol. The average molecular weight is 212 g/mol. The van der Waals surface area contributed by atoms with Crippen molar-refractivity contribution in [1.29, 1.82) is 0 Å². The van der Waals surface area contributed by atoms with Gasteiger partial charge in [0.25, 0.3) is 0 Å². The van der Waals surface area contributed by atoms with Crippen molar-refractivity contribution < 1.29 is 9.53 Å². The summed E-state index contributed by atoms with van der Waals surface area (Å²) in [6.07, 6.45) is 4.42. The molecule has 15 heavy (non-hydrogen) atoms. The van der Waals surface area contributed by atoms with Crippen LogP contribution in [0.2, 0.25) is 0 Å². The third-order valence-corrected chi connectivity index (χ3v) is 3.22. The Morgan fingerprint density at radius 1 is 1.53 bits per heavy atom. The van der Waals surface area contributed by atoms with Crippen molar-refractivity contribution in [3.05, 3.63) is 0 Å².